The highest BCUT2D eigenvalue weighted by molar-refractivity contribution is 7.94. The van der Waals surface area contributed by atoms with E-state index in [0.717, 1.165) is 49.4 Å². The molecule has 5 nitrogen and oxygen atoms in total. The van der Waals surface area contributed by atoms with Crippen molar-refractivity contribution >= 4 is 22.9 Å². The molecule has 0 saturated carbocycles. The number of pyridine rings is 1. The van der Waals surface area contributed by atoms with Crippen molar-refractivity contribution in [1.29, 1.82) is 0 Å². The molecule has 2 aromatic carbocycles. The molecule has 0 N–H and O–H groups in total. The third-order valence-corrected chi connectivity index (χ3v) is 5.07. The van der Waals surface area contributed by atoms with Crippen LogP contribution in [0.15, 0.2) is 78.0 Å². The molecule has 0 radical (unpaired) electrons. The van der Waals surface area contributed by atoms with Crippen LogP contribution < -0.4 is 4.73 Å². The van der Waals surface area contributed by atoms with Gasteiger partial charge in [0.2, 0.25) is 0 Å². The van der Waals surface area contributed by atoms with Gasteiger partial charge in [-0.25, -0.2) is 9.28 Å². The maximum atomic E-state index is 13.3. The summed E-state index contributed by atoms with van der Waals surface area (Å²) in [4.78, 5) is 5.56. The third kappa shape index (κ3) is 3.87. The average Bonchev–Trinajstić information content (AvgIpc) is 3.06. The summed E-state index contributed by atoms with van der Waals surface area (Å²) >= 11 is 1.14. The molecule has 0 atom stereocenters. The molecule has 0 fully saturated rings. The van der Waals surface area contributed by atoms with E-state index < -0.39 is 0 Å². The number of fused-ring (bicyclic) bond motifs is 1. The lowest BCUT2D eigenvalue weighted by atomic mass is 10.1. The first kappa shape index (κ1) is 18.5. The molecule has 0 amide bonds. The van der Waals surface area contributed by atoms with Gasteiger partial charge in [0, 0.05) is 45.7 Å². The highest BCUT2D eigenvalue weighted by Crippen LogP contribution is 2.32. The fourth-order valence-corrected chi connectivity index (χ4v) is 3.58. The maximum Gasteiger partial charge on any atom is 0.181 e. The lowest BCUT2D eigenvalue weighted by Crippen LogP contribution is -2.23. The molecular formula is C21H17FN2O3S. The van der Waals surface area contributed by atoms with Crippen LogP contribution in [0.5, 0.6) is 0 Å². The van der Waals surface area contributed by atoms with Crippen LogP contribution in [-0.4, -0.2) is 11.7 Å². The summed E-state index contributed by atoms with van der Waals surface area (Å²) < 4.78 is 21.1. The van der Waals surface area contributed by atoms with Crippen molar-refractivity contribution < 1.29 is 18.3 Å². The molecule has 0 aliphatic rings. The molecule has 0 saturated heterocycles. The summed E-state index contributed by atoms with van der Waals surface area (Å²) in [6.07, 6.45) is 2.95. The zero-order valence-corrected chi connectivity index (χ0v) is 15.9. The van der Waals surface area contributed by atoms with E-state index in [-0.39, 0.29) is 5.82 Å². The first-order valence-corrected chi connectivity index (χ1v) is 9.32. The Morgan fingerprint density at radius 1 is 1.04 bits per heavy atom. The Morgan fingerprint density at radius 2 is 1.79 bits per heavy atom. The quantitative estimate of drug-likeness (QED) is 0.156. The fraction of sp³-hybridized carbons (Fsp3) is 0.0952. The molecule has 0 bridgehead atoms. The van der Waals surface area contributed by atoms with Gasteiger partial charge in [-0.15, -0.1) is 0 Å². The number of aromatic nitrogens is 2. The van der Waals surface area contributed by atoms with Gasteiger partial charge in [-0.1, -0.05) is 12.1 Å². The number of hydrogen-bond acceptors (Lipinski definition) is 4. The van der Waals surface area contributed by atoms with Crippen LogP contribution in [0.2, 0.25) is 0 Å². The van der Waals surface area contributed by atoms with Crippen molar-refractivity contribution in [3.05, 3.63) is 89.6 Å². The molecule has 4 aromatic rings. The van der Waals surface area contributed by atoms with Gasteiger partial charge in [-0.05, 0) is 42.0 Å². The Bertz CT molecular complexity index is 1100. The van der Waals surface area contributed by atoms with E-state index in [1.54, 1.807) is 24.3 Å². The van der Waals surface area contributed by atoms with E-state index in [0.29, 0.717) is 6.54 Å². The molecule has 0 aliphatic carbocycles. The topological polar surface area (TPSA) is 50.3 Å². The lowest BCUT2D eigenvalue weighted by Gasteiger charge is -2.11. The summed E-state index contributed by atoms with van der Waals surface area (Å²) in [6.45, 7) is 0.576. The van der Waals surface area contributed by atoms with E-state index in [4.69, 9.17) is 4.33 Å². The molecule has 2 heterocycles. The largest absolute Gasteiger partial charge is 0.619 e. The summed E-state index contributed by atoms with van der Waals surface area (Å²) in [5.74, 6) is -0.260. The standard InChI is InChI=1S/C21H17FN2O3S/c1-26-27-28-19-6-7-20-17(12-19)13-21(16-8-10-23(25)11-9-16)24(20)14-15-2-4-18(22)5-3-15/h2-13H,14H2,1H3. The zero-order chi connectivity index (χ0) is 19.5. The molecule has 0 spiro atoms. The second-order valence-electron chi connectivity index (χ2n) is 6.23. The summed E-state index contributed by atoms with van der Waals surface area (Å²) in [5.41, 5.74) is 3.90. The van der Waals surface area contributed by atoms with E-state index >= 15 is 0 Å². The van der Waals surface area contributed by atoms with Crippen LogP contribution in [0.1, 0.15) is 5.56 Å². The highest BCUT2D eigenvalue weighted by atomic mass is 32.2. The Kier molecular flexibility index (Phi) is 5.29. The van der Waals surface area contributed by atoms with Crippen molar-refractivity contribution in [1.82, 2.24) is 4.57 Å². The SMILES string of the molecule is COOSc1ccc2c(c1)cc(-c1cc[n+]([O-])cc1)n2Cc1ccc(F)cc1. The van der Waals surface area contributed by atoms with Crippen molar-refractivity contribution in [2.24, 2.45) is 0 Å². The molecule has 0 unspecified atom stereocenters. The summed E-state index contributed by atoms with van der Waals surface area (Å²) in [5, 5.41) is 12.5. The summed E-state index contributed by atoms with van der Waals surface area (Å²) in [6, 6.07) is 18.1. The first-order valence-electron chi connectivity index (χ1n) is 8.58. The van der Waals surface area contributed by atoms with Crippen LogP contribution in [0.4, 0.5) is 4.39 Å². The van der Waals surface area contributed by atoms with E-state index in [2.05, 4.69) is 15.5 Å². The first-order chi connectivity index (χ1) is 13.6. The van der Waals surface area contributed by atoms with Crippen LogP contribution in [0.25, 0.3) is 22.2 Å². The second kappa shape index (κ2) is 8.02. The molecule has 142 valence electrons. The van der Waals surface area contributed by atoms with Crippen LogP contribution in [0, 0.1) is 11.0 Å². The van der Waals surface area contributed by atoms with E-state index in [1.807, 2.05) is 18.2 Å². The molecule has 2 aromatic heterocycles. The second-order valence-corrected chi connectivity index (χ2v) is 7.00. The van der Waals surface area contributed by atoms with Crippen molar-refractivity contribution in [3.63, 3.8) is 0 Å². The van der Waals surface area contributed by atoms with Gasteiger partial charge in [0.05, 0.1) is 19.2 Å². The predicted molar refractivity (Wildman–Crippen MR) is 106 cm³/mol. The van der Waals surface area contributed by atoms with Crippen LogP contribution in [-0.2, 0) is 15.8 Å². The van der Waals surface area contributed by atoms with Gasteiger partial charge < -0.3 is 9.77 Å². The Morgan fingerprint density at radius 3 is 2.50 bits per heavy atom. The minimum Gasteiger partial charge on any atom is -0.619 e. The van der Waals surface area contributed by atoms with Crippen molar-refractivity contribution in [3.8, 4) is 11.3 Å². The Hall–Kier alpha value is -2.87. The zero-order valence-electron chi connectivity index (χ0n) is 15.0. The van der Waals surface area contributed by atoms with Gasteiger partial charge in [0.15, 0.2) is 12.4 Å². The van der Waals surface area contributed by atoms with E-state index in [9.17, 15) is 9.60 Å². The Labute approximate surface area is 165 Å². The van der Waals surface area contributed by atoms with Gasteiger partial charge >= 0.3 is 0 Å². The molecule has 28 heavy (non-hydrogen) atoms. The number of rotatable bonds is 6. The van der Waals surface area contributed by atoms with Gasteiger partial charge in [-0.3, -0.25) is 0 Å². The maximum absolute atomic E-state index is 13.3. The molecule has 4 rings (SSSR count). The minimum atomic E-state index is -0.260. The minimum absolute atomic E-state index is 0.260. The van der Waals surface area contributed by atoms with Gasteiger partial charge in [0.25, 0.3) is 0 Å². The summed E-state index contributed by atoms with van der Waals surface area (Å²) in [7, 11) is 1.46. The van der Waals surface area contributed by atoms with Crippen molar-refractivity contribution in [2.45, 2.75) is 11.4 Å². The van der Waals surface area contributed by atoms with Gasteiger partial charge in [0.1, 0.15) is 5.82 Å². The Balaban J connectivity index is 1.81. The highest BCUT2D eigenvalue weighted by Gasteiger charge is 2.13. The van der Waals surface area contributed by atoms with Crippen molar-refractivity contribution in [2.75, 3.05) is 7.11 Å². The smallest absolute Gasteiger partial charge is 0.181 e. The molecule has 0 aliphatic heterocycles. The van der Waals surface area contributed by atoms with E-state index in [1.165, 1.54) is 31.6 Å². The number of benzene rings is 2. The van der Waals surface area contributed by atoms with Crippen LogP contribution >= 0.6 is 12.0 Å². The van der Waals surface area contributed by atoms with Crippen LogP contribution in [0.3, 0.4) is 0 Å². The lowest BCUT2D eigenvalue weighted by molar-refractivity contribution is -0.605. The van der Waals surface area contributed by atoms with Gasteiger partial charge in [-0.2, -0.15) is 9.06 Å². The fourth-order valence-electron chi connectivity index (χ4n) is 3.14. The molecular weight excluding hydrogens is 379 g/mol. The number of nitrogens with zero attached hydrogens (tertiary/aromatic N) is 2. The number of halogens is 1. The monoisotopic (exact) mass is 396 g/mol. The third-order valence-electron chi connectivity index (χ3n) is 4.42. The predicted octanol–water partition coefficient (Wildman–Crippen LogP) is 4.71. The number of hydrogen-bond donors (Lipinski definition) is 0. The average molecular weight is 396 g/mol. The molecule has 7 heteroatoms. The normalized spacial score (nSPS) is 11.2.